The molecule has 1 fully saturated rings. The average molecular weight is 337 g/mol. The van der Waals surface area contributed by atoms with Crippen LogP contribution in [0.15, 0.2) is 18.3 Å². The molecule has 124 valence electrons. The molecule has 1 saturated heterocycles. The van der Waals surface area contributed by atoms with Crippen LogP contribution in [0, 0.1) is 0 Å². The number of nitrogens with zero attached hydrogens (tertiary/aromatic N) is 3. The van der Waals surface area contributed by atoms with E-state index in [0.717, 1.165) is 12.2 Å². The third-order valence-electron chi connectivity index (χ3n) is 3.48. The van der Waals surface area contributed by atoms with Crippen LogP contribution in [0.2, 0.25) is 0 Å². The van der Waals surface area contributed by atoms with Gasteiger partial charge < -0.3 is 4.74 Å². The van der Waals surface area contributed by atoms with Gasteiger partial charge in [-0.05, 0) is 24.8 Å². The van der Waals surface area contributed by atoms with Gasteiger partial charge in [0, 0.05) is 31.5 Å². The molecule has 8 heteroatoms. The molecule has 1 aromatic heterocycles. The number of carbonyl (C=O) groups is 3. The summed E-state index contributed by atoms with van der Waals surface area (Å²) in [4.78, 5) is 40.1. The number of thioether (sulfide) groups is 1. The van der Waals surface area contributed by atoms with Gasteiger partial charge >= 0.3 is 5.97 Å². The molecular formula is C15H19N3O4S. The maximum Gasteiger partial charge on any atom is 0.339 e. The van der Waals surface area contributed by atoms with Crippen LogP contribution in [-0.4, -0.2) is 65.0 Å². The molecule has 1 aliphatic rings. The number of hydrazine groups is 1. The van der Waals surface area contributed by atoms with Crippen LogP contribution in [0.25, 0.3) is 0 Å². The van der Waals surface area contributed by atoms with Crippen molar-refractivity contribution in [1.82, 2.24) is 15.0 Å². The Hall–Kier alpha value is -2.09. The average Bonchev–Trinajstić information content (AvgIpc) is 3.08. The van der Waals surface area contributed by atoms with Gasteiger partial charge in [-0.1, -0.05) is 0 Å². The van der Waals surface area contributed by atoms with E-state index in [-0.39, 0.29) is 23.1 Å². The third kappa shape index (κ3) is 4.01. The number of esters is 1. The van der Waals surface area contributed by atoms with Gasteiger partial charge in [-0.25, -0.2) is 9.80 Å². The zero-order valence-electron chi connectivity index (χ0n) is 13.2. The topological polar surface area (TPSA) is 79.8 Å². The van der Waals surface area contributed by atoms with Gasteiger partial charge in [0.25, 0.3) is 5.91 Å². The number of hydrogen-bond acceptors (Lipinski definition) is 6. The third-order valence-corrected chi connectivity index (χ3v) is 4.09. The first-order valence-electron chi connectivity index (χ1n) is 7.24. The number of rotatable bonds is 5. The SMILES string of the molecule is COC(=O)c1ccc(C(=O)N2CCCN2C(=O)CCSC)nc1. The van der Waals surface area contributed by atoms with Crippen molar-refractivity contribution >= 4 is 29.5 Å². The minimum atomic E-state index is -0.508. The molecular weight excluding hydrogens is 318 g/mol. The Balaban J connectivity index is 2.09. The lowest BCUT2D eigenvalue weighted by Crippen LogP contribution is -2.45. The minimum absolute atomic E-state index is 0.0589. The van der Waals surface area contributed by atoms with E-state index in [9.17, 15) is 14.4 Å². The second kappa shape index (κ2) is 7.96. The fourth-order valence-electron chi connectivity index (χ4n) is 2.29. The molecule has 0 atom stereocenters. The summed E-state index contributed by atoms with van der Waals surface area (Å²) < 4.78 is 4.59. The molecule has 0 bridgehead atoms. The van der Waals surface area contributed by atoms with E-state index in [2.05, 4.69) is 9.72 Å². The molecule has 0 aromatic carbocycles. The maximum absolute atomic E-state index is 12.5. The van der Waals surface area contributed by atoms with Crippen LogP contribution in [0.5, 0.6) is 0 Å². The largest absolute Gasteiger partial charge is 0.465 e. The van der Waals surface area contributed by atoms with Crippen molar-refractivity contribution in [2.24, 2.45) is 0 Å². The van der Waals surface area contributed by atoms with E-state index in [1.165, 1.54) is 35.5 Å². The van der Waals surface area contributed by atoms with E-state index in [4.69, 9.17) is 0 Å². The molecule has 2 amide bonds. The Bertz CT molecular complexity index is 591. The number of methoxy groups -OCH3 is 1. The number of aromatic nitrogens is 1. The van der Waals surface area contributed by atoms with Crippen molar-refractivity contribution in [3.63, 3.8) is 0 Å². The second-order valence-corrected chi connectivity index (χ2v) is 5.95. The smallest absolute Gasteiger partial charge is 0.339 e. The van der Waals surface area contributed by atoms with Gasteiger partial charge in [0.05, 0.1) is 12.7 Å². The maximum atomic E-state index is 12.5. The van der Waals surface area contributed by atoms with E-state index in [1.54, 1.807) is 11.8 Å². The highest BCUT2D eigenvalue weighted by Crippen LogP contribution is 2.16. The van der Waals surface area contributed by atoms with Crippen LogP contribution in [0.1, 0.15) is 33.7 Å². The van der Waals surface area contributed by atoms with Gasteiger partial charge in [-0.15, -0.1) is 0 Å². The summed E-state index contributed by atoms with van der Waals surface area (Å²) >= 11 is 1.59. The fraction of sp³-hybridized carbons (Fsp3) is 0.467. The summed E-state index contributed by atoms with van der Waals surface area (Å²) in [6.45, 7) is 1.03. The number of carbonyl (C=O) groups excluding carboxylic acids is 3. The molecule has 1 aromatic rings. The lowest BCUT2D eigenvalue weighted by atomic mass is 10.2. The molecule has 0 unspecified atom stereocenters. The summed E-state index contributed by atoms with van der Waals surface area (Å²) in [5.41, 5.74) is 0.473. The Morgan fingerprint density at radius 3 is 2.61 bits per heavy atom. The van der Waals surface area contributed by atoms with Gasteiger partial charge in [-0.3, -0.25) is 19.6 Å². The van der Waals surface area contributed by atoms with E-state index < -0.39 is 5.97 Å². The van der Waals surface area contributed by atoms with Gasteiger partial charge in [0.15, 0.2) is 0 Å². The van der Waals surface area contributed by atoms with Crippen molar-refractivity contribution in [2.75, 3.05) is 32.2 Å². The van der Waals surface area contributed by atoms with Crippen molar-refractivity contribution in [2.45, 2.75) is 12.8 Å². The molecule has 2 heterocycles. The Kier molecular flexibility index (Phi) is 5.97. The predicted octanol–water partition coefficient (Wildman–Crippen LogP) is 1.21. The quantitative estimate of drug-likeness (QED) is 0.752. The van der Waals surface area contributed by atoms with Crippen LogP contribution >= 0.6 is 11.8 Å². The van der Waals surface area contributed by atoms with Crippen molar-refractivity contribution in [3.05, 3.63) is 29.6 Å². The summed E-state index contributed by atoms with van der Waals surface area (Å²) in [5.74, 6) is -0.178. The van der Waals surface area contributed by atoms with Crippen LogP contribution in [0.4, 0.5) is 0 Å². The lowest BCUT2D eigenvalue weighted by Gasteiger charge is -2.27. The van der Waals surface area contributed by atoms with E-state index in [1.807, 2.05) is 6.26 Å². The molecule has 0 saturated carbocycles. The molecule has 0 spiro atoms. The molecule has 23 heavy (non-hydrogen) atoms. The van der Waals surface area contributed by atoms with E-state index in [0.29, 0.717) is 19.5 Å². The monoisotopic (exact) mass is 337 g/mol. The molecule has 7 nitrogen and oxygen atoms in total. The summed E-state index contributed by atoms with van der Waals surface area (Å²) in [6, 6.07) is 2.96. The first-order valence-corrected chi connectivity index (χ1v) is 8.63. The van der Waals surface area contributed by atoms with Crippen LogP contribution < -0.4 is 0 Å². The normalized spacial score (nSPS) is 14.0. The Morgan fingerprint density at radius 2 is 2.00 bits per heavy atom. The van der Waals surface area contributed by atoms with Gasteiger partial charge in [0.2, 0.25) is 5.91 Å². The minimum Gasteiger partial charge on any atom is -0.465 e. The number of hydrogen-bond donors (Lipinski definition) is 0. The fourth-order valence-corrected chi connectivity index (χ4v) is 2.67. The van der Waals surface area contributed by atoms with Gasteiger partial charge in [-0.2, -0.15) is 11.8 Å². The van der Waals surface area contributed by atoms with Crippen molar-refractivity contribution in [3.8, 4) is 0 Å². The predicted molar refractivity (Wildman–Crippen MR) is 85.9 cm³/mol. The molecule has 1 aliphatic heterocycles. The number of ether oxygens (including phenoxy) is 1. The molecule has 2 rings (SSSR count). The summed E-state index contributed by atoms with van der Waals surface area (Å²) in [5, 5.41) is 2.93. The molecule has 0 radical (unpaired) electrons. The van der Waals surface area contributed by atoms with Gasteiger partial charge in [0.1, 0.15) is 5.69 Å². The zero-order chi connectivity index (χ0) is 16.8. The Labute approximate surface area is 139 Å². The highest BCUT2D eigenvalue weighted by atomic mass is 32.2. The Morgan fingerprint density at radius 1 is 1.26 bits per heavy atom. The zero-order valence-corrected chi connectivity index (χ0v) is 14.0. The van der Waals surface area contributed by atoms with E-state index >= 15 is 0 Å². The summed E-state index contributed by atoms with van der Waals surface area (Å²) in [7, 11) is 1.28. The molecule has 0 aliphatic carbocycles. The highest BCUT2D eigenvalue weighted by Gasteiger charge is 2.31. The number of amides is 2. The summed E-state index contributed by atoms with van der Waals surface area (Å²) in [6.07, 6.45) is 4.39. The first-order chi connectivity index (χ1) is 11.1. The highest BCUT2D eigenvalue weighted by molar-refractivity contribution is 7.98. The standard InChI is InChI=1S/C15H19N3O4S/c1-22-15(21)11-4-5-12(16-10-11)14(20)18-8-3-7-17(18)13(19)6-9-23-2/h4-5,10H,3,6-9H2,1-2H3. The van der Waals surface area contributed by atoms with Crippen molar-refractivity contribution < 1.29 is 19.1 Å². The first kappa shape index (κ1) is 17.3. The number of pyridine rings is 1. The van der Waals surface area contributed by atoms with Crippen LogP contribution in [0.3, 0.4) is 0 Å². The van der Waals surface area contributed by atoms with Crippen LogP contribution in [-0.2, 0) is 9.53 Å². The lowest BCUT2D eigenvalue weighted by molar-refractivity contribution is -0.140. The second-order valence-electron chi connectivity index (χ2n) is 4.97. The molecule has 0 N–H and O–H groups in total. The van der Waals surface area contributed by atoms with Crippen molar-refractivity contribution in [1.29, 1.82) is 0 Å².